The first-order chi connectivity index (χ1) is 11.6. The summed E-state index contributed by atoms with van der Waals surface area (Å²) in [6, 6.07) is 10.1. The van der Waals surface area contributed by atoms with Crippen molar-refractivity contribution >= 4 is 5.91 Å². The van der Waals surface area contributed by atoms with Crippen LogP contribution in [0.3, 0.4) is 0 Å². The Morgan fingerprint density at radius 3 is 2.79 bits per heavy atom. The molecule has 0 aliphatic carbocycles. The first kappa shape index (κ1) is 16.6. The molecular weight excluding hydrogens is 306 g/mol. The summed E-state index contributed by atoms with van der Waals surface area (Å²) in [6.07, 6.45) is 1.80. The van der Waals surface area contributed by atoms with E-state index in [2.05, 4.69) is 10.1 Å². The number of benzene rings is 1. The third-order valence-electron chi connectivity index (χ3n) is 4.14. The number of ether oxygens (including phenoxy) is 1. The van der Waals surface area contributed by atoms with E-state index in [1.165, 1.54) is 0 Å². The number of morpholine rings is 1. The van der Waals surface area contributed by atoms with Gasteiger partial charge in [0.1, 0.15) is 6.10 Å². The van der Waals surface area contributed by atoms with Gasteiger partial charge in [-0.25, -0.2) is 0 Å². The Labute approximate surface area is 141 Å². The van der Waals surface area contributed by atoms with Crippen molar-refractivity contribution in [2.45, 2.75) is 45.3 Å². The molecule has 2 heterocycles. The standard InChI is InChI=1S/C18H23N3O3/c1-13-11-21(12-16(23-13)15-7-4-3-5-8-15)18(22)10-6-9-17-19-14(2)20-24-17/h3-5,7-8,13,16H,6,9-12H2,1-2H3/t13-,16-/m1/s1. The van der Waals surface area contributed by atoms with Crippen LogP contribution in [0.2, 0.25) is 0 Å². The van der Waals surface area contributed by atoms with Crippen LogP contribution >= 0.6 is 0 Å². The molecule has 0 N–H and O–H groups in total. The highest BCUT2D eigenvalue weighted by Gasteiger charge is 2.28. The summed E-state index contributed by atoms with van der Waals surface area (Å²) in [6.45, 7) is 5.04. The molecule has 6 heteroatoms. The largest absolute Gasteiger partial charge is 0.367 e. The van der Waals surface area contributed by atoms with E-state index < -0.39 is 0 Å². The Bertz CT molecular complexity index is 671. The first-order valence-corrected chi connectivity index (χ1v) is 8.39. The number of rotatable bonds is 5. The van der Waals surface area contributed by atoms with E-state index in [0.717, 1.165) is 5.56 Å². The van der Waals surface area contributed by atoms with Gasteiger partial charge in [-0.15, -0.1) is 0 Å². The van der Waals surface area contributed by atoms with E-state index in [-0.39, 0.29) is 18.1 Å². The Kier molecular flexibility index (Phi) is 5.25. The topological polar surface area (TPSA) is 68.5 Å². The highest BCUT2D eigenvalue weighted by molar-refractivity contribution is 5.76. The SMILES string of the molecule is Cc1noc(CCCC(=O)N2C[C@@H](C)O[C@@H](c3ccccc3)C2)n1. The lowest BCUT2D eigenvalue weighted by molar-refractivity contribution is -0.145. The van der Waals surface area contributed by atoms with Crippen LogP contribution in [0, 0.1) is 6.92 Å². The van der Waals surface area contributed by atoms with Gasteiger partial charge in [0.2, 0.25) is 11.8 Å². The minimum Gasteiger partial charge on any atom is -0.367 e. The molecule has 6 nitrogen and oxygen atoms in total. The number of carbonyl (C=O) groups excluding carboxylic acids is 1. The molecule has 128 valence electrons. The number of hydrogen-bond acceptors (Lipinski definition) is 5. The lowest BCUT2D eigenvalue weighted by atomic mass is 10.1. The van der Waals surface area contributed by atoms with Crippen LogP contribution in [-0.4, -0.2) is 40.1 Å². The summed E-state index contributed by atoms with van der Waals surface area (Å²) in [4.78, 5) is 18.6. The van der Waals surface area contributed by atoms with Crippen LogP contribution < -0.4 is 0 Å². The predicted octanol–water partition coefficient (Wildman–Crippen LogP) is 2.69. The van der Waals surface area contributed by atoms with E-state index in [0.29, 0.717) is 44.1 Å². The van der Waals surface area contributed by atoms with Gasteiger partial charge in [0, 0.05) is 19.4 Å². The Morgan fingerprint density at radius 2 is 2.08 bits per heavy atom. The molecule has 0 unspecified atom stereocenters. The van der Waals surface area contributed by atoms with Crippen molar-refractivity contribution in [2.24, 2.45) is 0 Å². The van der Waals surface area contributed by atoms with Gasteiger partial charge in [0.25, 0.3) is 0 Å². The van der Waals surface area contributed by atoms with Gasteiger partial charge < -0.3 is 14.2 Å². The zero-order valence-electron chi connectivity index (χ0n) is 14.1. The summed E-state index contributed by atoms with van der Waals surface area (Å²) >= 11 is 0. The Balaban J connectivity index is 1.53. The molecule has 1 saturated heterocycles. The van der Waals surface area contributed by atoms with E-state index in [9.17, 15) is 4.79 Å². The van der Waals surface area contributed by atoms with E-state index in [1.807, 2.05) is 42.2 Å². The molecule has 1 fully saturated rings. The van der Waals surface area contributed by atoms with Crippen molar-refractivity contribution in [3.8, 4) is 0 Å². The second-order valence-electron chi connectivity index (χ2n) is 6.23. The number of aryl methyl sites for hydroxylation is 2. The van der Waals surface area contributed by atoms with Gasteiger partial charge in [-0.2, -0.15) is 4.98 Å². The maximum Gasteiger partial charge on any atom is 0.226 e. The van der Waals surface area contributed by atoms with Crippen molar-refractivity contribution in [1.82, 2.24) is 15.0 Å². The number of carbonyl (C=O) groups is 1. The van der Waals surface area contributed by atoms with Gasteiger partial charge in [-0.3, -0.25) is 4.79 Å². The summed E-state index contributed by atoms with van der Waals surface area (Å²) in [5.74, 6) is 1.38. The maximum atomic E-state index is 12.5. The van der Waals surface area contributed by atoms with Gasteiger partial charge in [0.05, 0.1) is 12.6 Å². The Hall–Kier alpha value is -2.21. The minimum absolute atomic E-state index is 0.0338. The normalized spacial score (nSPS) is 21.0. The molecule has 0 radical (unpaired) electrons. The van der Waals surface area contributed by atoms with Gasteiger partial charge >= 0.3 is 0 Å². The van der Waals surface area contributed by atoms with Crippen molar-refractivity contribution in [1.29, 1.82) is 0 Å². The van der Waals surface area contributed by atoms with Crippen molar-refractivity contribution in [3.63, 3.8) is 0 Å². The van der Waals surface area contributed by atoms with Crippen LogP contribution in [0.5, 0.6) is 0 Å². The molecule has 1 aromatic carbocycles. The Morgan fingerprint density at radius 1 is 1.29 bits per heavy atom. The number of hydrogen-bond donors (Lipinski definition) is 0. The predicted molar refractivity (Wildman–Crippen MR) is 88.3 cm³/mol. The van der Waals surface area contributed by atoms with Crippen LogP contribution in [-0.2, 0) is 16.0 Å². The highest BCUT2D eigenvalue weighted by atomic mass is 16.5. The van der Waals surface area contributed by atoms with E-state index >= 15 is 0 Å². The molecular formula is C18H23N3O3. The molecule has 1 aliphatic rings. The monoisotopic (exact) mass is 329 g/mol. The quantitative estimate of drug-likeness (QED) is 0.843. The fraction of sp³-hybridized carbons (Fsp3) is 0.500. The van der Waals surface area contributed by atoms with Crippen LogP contribution in [0.15, 0.2) is 34.9 Å². The van der Waals surface area contributed by atoms with Crippen LogP contribution in [0.1, 0.15) is 43.1 Å². The molecule has 2 atom stereocenters. The summed E-state index contributed by atoms with van der Waals surface area (Å²) in [7, 11) is 0. The molecule has 2 aromatic rings. The number of nitrogens with zero attached hydrogens (tertiary/aromatic N) is 3. The van der Waals surface area contributed by atoms with Crippen LogP contribution in [0.25, 0.3) is 0 Å². The maximum absolute atomic E-state index is 12.5. The molecule has 1 aliphatic heterocycles. The molecule has 1 amide bonds. The van der Waals surface area contributed by atoms with Gasteiger partial charge in [0.15, 0.2) is 5.82 Å². The van der Waals surface area contributed by atoms with E-state index in [1.54, 1.807) is 6.92 Å². The fourth-order valence-electron chi connectivity index (χ4n) is 3.00. The zero-order valence-corrected chi connectivity index (χ0v) is 14.1. The van der Waals surface area contributed by atoms with Gasteiger partial charge in [-0.05, 0) is 25.8 Å². The molecule has 0 bridgehead atoms. The second-order valence-corrected chi connectivity index (χ2v) is 6.23. The van der Waals surface area contributed by atoms with Crippen molar-refractivity contribution < 1.29 is 14.1 Å². The second kappa shape index (κ2) is 7.57. The molecule has 0 spiro atoms. The highest BCUT2D eigenvalue weighted by Crippen LogP contribution is 2.25. The summed E-state index contributed by atoms with van der Waals surface area (Å²) in [5.41, 5.74) is 1.11. The zero-order chi connectivity index (χ0) is 16.9. The molecule has 24 heavy (non-hydrogen) atoms. The molecule has 1 aromatic heterocycles. The van der Waals surface area contributed by atoms with Crippen molar-refractivity contribution in [3.05, 3.63) is 47.6 Å². The average molecular weight is 329 g/mol. The lowest BCUT2D eigenvalue weighted by Crippen LogP contribution is -2.45. The summed E-state index contributed by atoms with van der Waals surface area (Å²) < 4.78 is 11.1. The minimum atomic E-state index is -0.0579. The third-order valence-corrected chi connectivity index (χ3v) is 4.14. The lowest BCUT2D eigenvalue weighted by Gasteiger charge is -2.37. The third kappa shape index (κ3) is 4.20. The fourth-order valence-corrected chi connectivity index (χ4v) is 3.00. The van der Waals surface area contributed by atoms with Crippen LogP contribution in [0.4, 0.5) is 0 Å². The smallest absolute Gasteiger partial charge is 0.226 e. The van der Waals surface area contributed by atoms with Crippen molar-refractivity contribution in [2.75, 3.05) is 13.1 Å². The average Bonchev–Trinajstić information content (AvgIpc) is 3.00. The first-order valence-electron chi connectivity index (χ1n) is 8.39. The molecule has 0 saturated carbocycles. The number of amides is 1. The van der Waals surface area contributed by atoms with E-state index in [4.69, 9.17) is 9.26 Å². The van der Waals surface area contributed by atoms with Gasteiger partial charge in [-0.1, -0.05) is 35.5 Å². The summed E-state index contributed by atoms with van der Waals surface area (Å²) in [5, 5.41) is 3.76. The molecule has 3 rings (SSSR count). The number of aromatic nitrogens is 2.